The molecule has 0 saturated carbocycles. The van der Waals surface area contributed by atoms with Crippen LogP contribution >= 0.6 is 11.8 Å². The molecule has 1 aliphatic heterocycles. The van der Waals surface area contributed by atoms with Crippen molar-refractivity contribution in [3.05, 3.63) is 26.7 Å². The summed E-state index contributed by atoms with van der Waals surface area (Å²) in [6.45, 7) is 2.56. The van der Waals surface area contributed by atoms with E-state index in [-0.39, 0.29) is 11.2 Å². The Balaban J connectivity index is 1.98. The third-order valence-corrected chi connectivity index (χ3v) is 5.00. The van der Waals surface area contributed by atoms with Gasteiger partial charge in [0.2, 0.25) is 0 Å². The van der Waals surface area contributed by atoms with Crippen LogP contribution in [-0.2, 0) is 13.0 Å². The van der Waals surface area contributed by atoms with Crippen LogP contribution in [0, 0.1) is 5.92 Å². The topological polar surface area (TPSA) is 83.5 Å². The van der Waals surface area contributed by atoms with E-state index in [9.17, 15) is 9.59 Å². The molecule has 2 N–H and O–H groups in total. The molecule has 6 nitrogen and oxygen atoms in total. The van der Waals surface area contributed by atoms with Crippen LogP contribution in [0.4, 0.5) is 0 Å². The summed E-state index contributed by atoms with van der Waals surface area (Å²) < 4.78 is 1.55. The number of H-pyrrole nitrogens is 2. The molecule has 0 bridgehead atoms. The van der Waals surface area contributed by atoms with Gasteiger partial charge in [0.05, 0.1) is 0 Å². The van der Waals surface area contributed by atoms with E-state index in [0.29, 0.717) is 23.6 Å². The highest BCUT2D eigenvalue weighted by molar-refractivity contribution is 7.99. The molecular weight excluding hydrogens is 288 g/mol. The summed E-state index contributed by atoms with van der Waals surface area (Å²) in [5.74, 6) is 3.85. The van der Waals surface area contributed by atoms with Gasteiger partial charge in [-0.25, -0.2) is 9.78 Å². The first kappa shape index (κ1) is 14.4. The average molecular weight is 308 g/mol. The summed E-state index contributed by atoms with van der Waals surface area (Å²) in [5, 5.41) is 0. The number of rotatable bonds is 4. The van der Waals surface area contributed by atoms with E-state index in [1.807, 2.05) is 18.7 Å². The fraction of sp³-hybridized carbons (Fsp3) is 0.643. The SMILES string of the molecule is CCCn1c(=O)[nH]c(=O)c2[nH]c(CC3CCSCC3)nc21. The molecule has 3 heterocycles. The Hall–Kier alpha value is -1.50. The van der Waals surface area contributed by atoms with Crippen LogP contribution in [0.1, 0.15) is 32.0 Å². The lowest BCUT2D eigenvalue weighted by molar-refractivity contribution is 0.478. The Morgan fingerprint density at radius 1 is 1.29 bits per heavy atom. The number of nitrogens with zero attached hydrogens (tertiary/aromatic N) is 2. The van der Waals surface area contributed by atoms with Crippen molar-refractivity contribution in [3.8, 4) is 0 Å². The first-order valence-corrected chi connectivity index (χ1v) is 8.64. The molecule has 114 valence electrons. The second-order valence-electron chi connectivity index (χ2n) is 5.55. The number of thioether (sulfide) groups is 1. The van der Waals surface area contributed by atoms with E-state index in [1.165, 1.54) is 24.3 Å². The number of aromatic amines is 2. The van der Waals surface area contributed by atoms with Crippen molar-refractivity contribution in [2.45, 2.75) is 39.2 Å². The summed E-state index contributed by atoms with van der Waals surface area (Å²) in [6.07, 6.45) is 4.07. The van der Waals surface area contributed by atoms with Gasteiger partial charge in [-0.2, -0.15) is 11.8 Å². The highest BCUT2D eigenvalue weighted by atomic mass is 32.2. The molecule has 21 heavy (non-hydrogen) atoms. The van der Waals surface area contributed by atoms with Crippen LogP contribution in [0.15, 0.2) is 9.59 Å². The van der Waals surface area contributed by atoms with Gasteiger partial charge in [0.1, 0.15) is 11.3 Å². The van der Waals surface area contributed by atoms with E-state index in [2.05, 4.69) is 15.0 Å². The van der Waals surface area contributed by atoms with E-state index < -0.39 is 0 Å². The molecule has 3 rings (SSSR count). The summed E-state index contributed by atoms with van der Waals surface area (Å²) in [6, 6.07) is 0. The zero-order valence-corrected chi connectivity index (χ0v) is 13.0. The molecule has 1 fully saturated rings. The molecule has 7 heteroatoms. The second-order valence-corrected chi connectivity index (χ2v) is 6.78. The van der Waals surface area contributed by atoms with Crippen molar-refractivity contribution in [2.75, 3.05) is 11.5 Å². The molecule has 0 aromatic carbocycles. The molecule has 1 aliphatic rings. The van der Waals surface area contributed by atoms with Crippen LogP contribution in [0.2, 0.25) is 0 Å². The van der Waals surface area contributed by atoms with Gasteiger partial charge in [0, 0.05) is 13.0 Å². The monoisotopic (exact) mass is 308 g/mol. The zero-order chi connectivity index (χ0) is 14.8. The van der Waals surface area contributed by atoms with Gasteiger partial charge >= 0.3 is 5.69 Å². The number of hydrogen-bond acceptors (Lipinski definition) is 4. The van der Waals surface area contributed by atoms with Crippen molar-refractivity contribution in [1.82, 2.24) is 19.5 Å². The normalized spacial score (nSPS) is 16.6. The van der Waals surface area contributed by atoms with Crippen molar-refractivity contribution in [2.24, 2.45) is 5.92 Å². The van der Waals surface area contributed by atoms with E-state index >= 15 is 0 Å². The van der Waals surface area contributed by atoms with Crippen molar-refractivity contribution in [3.63, 3.8) is 0 Å². The minimum absolute atomic E-state index is 0.374. The lowest BCUT2D eigenvalue weighted by Crippen LogP contribution is -2.30. The molecule has 2 aromatic rings. The van der Waals surface area contributed by atoms with Gasteiger partial charge in [0.25, 0.3) is 5.56 Å². The standard InChI is InChI=1S/C14H20N4O2S/c1-2-5-18-12-11(13(19)17-14(18)20)15-10(16-12)8-9-3-6-21-7-4-9/h9H,2-8H2,1H3,(H,15,16)(H,17,19,20). The van der Waals surface area contributed by atoms with Gasteiger partial charge in [-0.3, -0.25) is 14.3 Å². The highest BCUT2D eigenvalue weighted by Crippen LogP contribution is 2.25. The molecule has 0 aliphatic carbocycles. The van der Waals surface area contributed by atoms with E-state index in [0.717, 1.165) is 18.7 Å². The number of imidazole rings is 1. The Labute approximate surface area is 126 Å². The van der Waals surface area contributed by atoms with E-state index in [1.54, 1.807) is 4.57 Å². The largest absolute Gasteiger partial charge is 0.336 e. The molecule has 0 unspecified atom stereocenters. The average Bonchev–Trinajstić information content (AvgIpc) is 2.89. The fourth-order valence-electron chi connectivity index (χ4n) is 2.84. The second kappa shape index (κ2) is 6.09. The van der Waals surface area contributed by atoms with Gasteiger partial charge in [-0.15, -0.1) is 0 Å². The Bertz CT molecular complexity index is 739. The molecular formula is C14H20N4O2S. The van der Waals surface area contributed by atoms with E-state index in [4.69, 9.17) is 0 Å². The maximum atomic E-state index is 11.9. The van der Waals surface area contributed by atoms with Crippen molar-refractivity contribution in [1.29, 1.82) is 0 Å². The number of aromatic nitrogens is 4. The third-order valence-electron chi connectivity index (χ3n) is 3.95. The molecule has 0 atom stereocenters. The number of fused-ring (bicyclic) bond motifs is 1. The Kier molecular flexibility index (Phi) is 4.19. The lowest BCUT2D eigenvalue weighted by Gasteiger charge is -2.19. The van der Waals surface area contributed by atoms with Gasteiger partial charge in [0.15, 0.2) is 5.65 Å². The first-order valence-electron chi connectivity index (χ1n) is 7.48. The summed E-state index contributed by atoms with van der Waals surface area (Å²) in [4.78, 5) is 33.8. The predicted octanol–water partition coefficient (Wildman–Crippen LogP) is 1.51. The number of nitrogens with one attached hydrogen (secondary N) is 2. The molecule has 1 saturated heterocycles. The molecule has 2 aromatic heterocycles. The van der Waals surface area contributed by atoms with Gasteiger partial charge < -0.3 is 4.98 Å². The fourth-order valence-corrected chi connectivity index (χ4v) is 4.04. The smallest absolute Gasteiger partial charge is 0.330 e. The Morgan fingerprint density at radius 3 is 2.76 bits per heavy atom. The van der Waals surface area contributed by atoms with Crippen molar-refractivity contribution >= 4 is 22.9 Å². The van der Waals surface area contributed by atoms with Crippen molar-refractivity contribution < 1.29 is 0 Å². The van der Waals surface area contributed by atoms with Crippen LogP contribution in [-0.4, -0.2) is 31.0 Å². The Morgan fingerprint density at radius 2 is 2.05 bits per heavy atom. The summed E-state index contributed by atoms with van der Waals surface area (Å²) in [5.41, 5.74) is 0.163. The third kappa shape index (κ3) is 2.92. The molecule has 0 amide bonds. The molecule has 0 radical (unpaired) electrons. The van der Waals surface area contributed by atoms with Crippen LogP contribution in [0.5, 0.6) is 0 Å². The van der Waals surface area contributed by atoms with Crippen LogP contribution in [0.25, 0.3) is 11.2 Å². The lowest BCUT2D eigenvalue weighted by atomic mass is 9.99. The minimum atomic E-state index is -0.375. The maximum Gasteiger partial charge on any atom is 0.330 e. The van der Waals surface area contributed by atoms with Crippen LogP contribution < -0.4 is 11.2 Å². The zero-order valence-electron chi connectivity index (χ0n) is 12.1. The van der Waals surface area contributed by atoms with Gasteiger partial charge in [-0.1, -0.05) is 6.92 Å². The first-order chi connectivity index (χ1) is 10.2. The minimum Gasteiger partial charge on any atom is -0.336 e. The predicted molar refractivity (Wildman–Crippen MR) is 85.0 cm³/mol. The number of aryl methyl sites for hydroxylation is 1. The number of hydrogen-bond donors (Lipinski definition) is 2. The highest BCUT2D eigenvalue weighted by Gasteiger charge is 2.18. The summed E-state index contributed by atoms with van der Waals surface area (Å²) in [7, 11) is 0. The summed E-state index contributed by atoms with van der Waals surface area (Å²) >= 11 is 2.00. The quantitative estimate of drug-likeness (QED) is 0.897. The van der Waals surface area contributed by atoms with Crippen LogP contribution in [0.3, 0.4) is 0 Å². The maximum absolute atomic E-state index is 11.9. The molecule has 0 spiro atoms. The van der Waals surface area contributed by atoms with Gasteiger partial charge in [-0.05, 0) is 36.7 Å².